The minimum atomic E-state index is -4.38. The van der Waals surface area contributed by atoms with E-state index in [1.54, 1.807) is 36.3 Å². The van der Waals surface area contributed by atoms with Gasteiger partial charge in [0.2, 0.25) is 0 Å². The van der Waals surface area contributed by atoms with E-state index in [0.29, 0.717) is 43.1 Å². The Hall–Kier alpha value is -2.61. The van der Waals surface area contributed by atoms with Gasteiger partial charge < -0.3 is 15.0 Å². The van der Waals surface area contributed by atoms with Crippen molar-refractivity contribution >= 4 is 11.7 Å². The van der Waals surface area contributed by atoms with E-state index >= 15 is 0 Å². The largest absolute Gasteiger partial charge is 0.416 e. The lowest BCUT2D eigenvalue weighted by Gasteiger charge is -2.33. The number of hydrogen-bond acceptors (Lipinski definition) is 4. The van der Waals surface area contributed by atoms with Crippen LogP contribution in [0.4, 0.5) is 19.0 Å². The van der Waals surface area contributed by atoms with Gasteiger partial charge in [-0.25, -0.2) is 4.98 Å². The van der Waals surface area contributed by atoms with Gasteiger partial charge in [-0.3, -0.25) is 4.79 Å². The summed E-state index contributed by atoms with van der Waals surface area (Å²) < 4.78 is 44.3. The average Bonchev–Trinajstić information content (AvgIpc) is 2.67. The monoisotopic (exact) mass is 379 g/mol. The van der Waals surface area contributed by atoms with Gasteiger partial charge in [0.1, 0.15) is 5.82 Å². The minimum absolute atomic E-state index is 0.147. The zero-order valence-electron chi connectivity index (χ0n) is 14.8. The second-order valence-electron chi connectivity index (χ2n) is 6.33. The first-order chi connectivity index (χ1) is 12.9. The van der Waals surface area contributed by atoms with Crippen LogP contribution in [0.15, 0.2) is 42.6 Å². The number of rotatable bonds is 4. The molecule has 0 saturated carbocycles. The minimum Gasteiger partial charge on any atom is -0.374 e. The molecule has 1 aliphatic heterocycles. The number of anilines is 1. The second kappa shape index (κ2) is 7.96. The second-order valence-corrected chi connectivity index (χ2v) is 6.33. The quantitative estimate of drug-likeness (QED) is 0.886. The number of aromatic nitrogens is 1. The van der Waals surface area contributed by atoms with Crippen LogP contribution < -0.4 is 5.32 Å². The molecular formula is C19H20F3N3O2. The lowest BCUT2D eigenvalue weighted by Crippen LogP contribution is -2.46. The molecule has 1 atom stereocenters. The number of alkyl halides is 3. The summed E-state index contributed by atoms with van der Waals surface area (Å²) in [5.41, 5.74) is 0.361. The van der Waals surface area contributed by atoms with Crippen LogP contribution in [0.5, 0.6) is 0 Å². The molecule has 5 nitrogen and oxygen atoms in total. The van der Waals surface area contributed by atoms with Crippen molar-refractivity contribution in [3.05, 3.63) is 59.3 Å². The molecule has 1 amide bonds. The van der Waals surface area contributed by atoms with E-state index < -0.39 is 11.7 Å². The summed E-state index contributed by atoms with van der Waals surface area (Å²) in [5.74, 6) is 0.445. The summed E-state index contributed by atoms with van der Waals surface area (Å²) in [6, 6.07) is 8.51. The normalized spacial score (nSPS) is 17.6. The molecule has 0 unspecified atom stereocenters. The number of amides is 1. The third kappa shape index (κ3) is 4.77. The molecule has 1 N–H and O–H groups in total. The van der Waals surface area contributed by atoms with Crippen molar-refractivity contribution in [3.8, 4) is 0 Å². The lowest BCUT2D eigenvalue weighted by atomic mass is 10.0. The Morgan fingerprint density at radius 2 is 2.15 bits per heavy atom. The van der Waals surface area contributed by atoms with Crippen LogP contribution in [0.3, 0.4) is 0 Å². The maximum Gasteiger partial charge on any atom is 0.416 e. The molecular weight excluding hydrogens is 359 g/mol. The average molecular weight is 379 g/mol. The molecule has 0 spiro atoms. The predicted molar refractivity (Wildman–Crippen MR) is 94.6 cm³/mol. The predicted octanol–water partition coefficient (Wildman–Crippen LogP) is 3.23. The van der Waals surface area contributed by atoms with Crippen molar-refractivity contribution in [1.29, 1.82) is 0 Å². The first-order valence-corrected chi connectivity index (χ1v) is 8.57. The Bertz CT molecular complexity index is 811. The third-order valence-corrected chi connectivity index (χ3v) is 4.41. The number of carbonyl (C=O) groups excluding carboxylic acids is 1. The van der Waals surface area contributed by atoms with E-state index in [4.69, 9.17) is 4.74 Å². The van der Waals surface area contributed by atoms with E-state index in [9.17, 15) is 18.0 Å². The number of pyridine rings is 1. The molecule has 0 aliphatic carbocycles. The Kier molecular flexibility index (Phi) is 5.65. The van der Waals surface area contributed by atoms with Crippen LogP contribution in [0.25, 0.3) is 0 Å². The molecule has 0 radical (unpaired) electrons. The Morgan fingerprint density at radius 3 is 2.89 bits per heavy atom. The van der Waals surface area contributed by atoms with E-state index in [1.807, 2.05) is 0 Å². The molecule has 0 bridgehead atoms. The SMILES string of the molecule is CNc1cc(C(=O)N2CCO[C@H](Cc3cccc(C(F)(F)F)c3)C2)ccn1. The lowest BCUT2D eigenvalue weighted by molar-refractivity contribution is -0.137. The molecule has 1 saturated heterocycles. The Morgan fingerprint density at radius 1 is 1.33 bits per heavy atom. The first kappa shape index (κ1) is 19.2. The molecule has 1 fully saturated rings. The van der Waals surface area contributed by atoms with E-state index in [-0.39, 0.29) is 12.0 Å². The van der Waals surface area contributed by atoms with Crippen molar-refractivity contribution in [2.45, 2.75) is 18.7 Å². The van der Waals surface area contributed by atoms with Crippen LogP contribution in [-0.2, 0) is 17.3 Å². The third-order valence-electron chi connectivity index (χ3n) is 4.41. The van der Waals surface area contributed by atoms with Crippen LogP contribution in [-0.4, -0.2) is 48.6 Å². The fourth-order valence-electron chi connectivity index (χ4n) is 3.05. The maximum absolute atomic E-state index is 12.9. The van der Waals surface area contributed by atoms with Crippen LogP contribution in [0, 0.1) is 0 Å². The zero-order chi connectivity index (χ0) is 19.4. The smallest absolute Gasteiger partial charge is 0.374 e. The van der Waals surface area contributed by atoms with Gasteiger partial charge in [0.15, 0.2) is 0 Å². The van der Waals surface area contributed by atoms with E-state index in [2.05, 4.69) is 10.3 Å². The maximum atomic E-state index is 12.9. The standard InChI is InChI=1S/C19H20F3N3O2/c1-23-17-11-14(5-6-24-17)18(26)25-7-8-27-16(12-25)10-13-3-2-4-15(9-13)19(20,21)22/h2-6,9,11,16H,7-8,10,12H2,1H3,(H,23,24)/t16-/m1/s1. The summed E-state index contributed by atoms with van der Waals surface area (Å²) in [6.07, 6.45) is -2.86. The van der Waals surface area contributed by atoms with Gasteiger partial charge in [0, 0.05) is 38.3 Å². The molecule has 144 valence electrons. The summed E-state index contributed by atoms with van der Waals surface area (Å²) in [7, 11) is 1.72. The van der Waals surface area contributed by atoms with Crippen LogP contribution in [0.2, 0.25) is 0 Å². The van der Waals surface area contributed by atoms with Gasteiger partial charge >= 0.3 is 6.18 Å². The van der Waals surface area contributed by atoms with Gasteiger partial charge in [-0.05, 0) is 23.8 Å². The van der Waals surface area contributed by atoms with Gasteiger partial charge in [0.05, 0.1) is 18.3 Å². The van der Waals surface area contributed by atoms with Crippen molar-refractivity contribution < 1.29 is 22.7 Å². The highest BCUT2D eigenvalue weighted by molar-refractivity contribution is 5.94. The van der Waals surface area contributed by atoms with Crippen molar-refractivity contribution in [3.63, 3.8) is 0 Å². The van der Waals surface area contributed by atoms with Gasteiger partial charge in [-0.15, -0.1) is 0 Å². The molecule has 2 aromatic rings. The molecule has 1 aromatic carbocycles. The van der Waals surface area contributed by atoms with E-state index in [0.717, 1.165) is 12.1 Å². The van der Waals surface area contributed by atoms with Crippen molar-refractivity contribution in [1.82, 2.24) is 9.88 Å². The number of hydrogen-bond donors (Lipinski definition) is 1. The topological polar surface area (TPSA) is 54.5 Å². The number of halogens is 3. The van der Waals surface area contributed by atoms with Crippen molar-refractivity contribution in [2.24, 2.45) is 0 Å². The first-order valence-electron chi connectivity index (χ1n) is 8.57. The summed E-state index contributed by atoms with van der Waals surface area (Å²) in [4.78, 5) is 18.5. The molecule has 2 heterocycles. The number of benzene rings is 1. The molecule has 1 aliphatic rings. The Balaban J connectivity index is 1.68. The summed E-state index contributed by atoms with van der Waals surface area (Å²) >= 11 is 0. The summed E-state index contributed by atoms with van der Waals surface area (Å²) in [6.45, 7) is 1.11. The highest BCUT2D eigenvalue weighted by Gasteiger charge is 2.31. The highest BCUT2D eigenvalue weighted by Crippen LogP contribution is 2.30. The fraction of sp³-hybridized carbons (Fsp3) is 0.368. The molecule has 8 heteroatoms. The van der Waals surface area contributed by atoms with Crippen molar-refractivity contribution in [2.75, 3.05) is 32.1 Å². The molecule has 3 rings (SSSR count). The summed E-state index contributed by atoms with van der Waals surface area (Å²) in [5, 5.41) is 2.89. The highest BCUT2D eigenvalue weighted by atomic mass is 19.4. The molecule has 27 heavy (non-hydrogen) atoms. The fourth-order valence-corrected chi connectivity index (χ4v) is 3.05. The van der Waals surface area contributed by atoms with Crippen LogP contribution >= 0.6 is 0 Å². The number of nitrogens with one attached hydrogen (secondary N) is 1. The number of nitrogens with zero attached hydrogens (tertiary/aromatic N) is 2. The van der Waals surface area contributed by atoms with Gasteiger partial charge in [-0.1, -0.05) is 18.2 Å². The molecule has 1 aromatic heterocycles. The number of morpholine rings is 1. The number of carbonyl (C=O) groups is 1. The van der Waals surface area contributed by atoms with Crippen LogP contribution in [0.1, 0.15) is 21.5 Å². The number of ether oxygens (including phenoxy) is 1. The van der Waals surface area contributed by atoms with Gasteiger partial charge in [-0.2, -0.15) is 13.2 Å². The Labute approximate surface area is 155 Å². The van der Waals surface area contributed by atoms with Gasteiger partial charge in [0.25, 0.3) is 5.91 Å². The zero-order valence-corrected chi connectivity index (χ0v) is 14.8. The van der Waals surface area contributed by atoms with E-state index in [1.165, 1.54) is 6.07 Å².